The molecule has 0 N–H and O–H groups in total. The molecule has 0 amide bonds. The largest absolute Gasteiger partial charge is 1.00 e. The molecule has 0 aromatic rings. The first-order valence-electron chi connectivity index (χ1n) is 1.72. The molecule has 1 aliphatic carbocycles. The van der Waals surface area contributed by atoms with Gasteiger partial charge in [0.05, 0.1) is 0 Å². The molecule has 0 unspecified atom stereocenters. The molecule has 0 saturated heterocycles. The van der Waals surface area contributed by atoms with Gasteiger partial charge in [0, 0.05) is 25.8 Å². The van der Waals surface area contributed by atoms with Crippen LogP contribution in [0.3, 0.4) is 0 Å². The molecule has 0 heterocycles. The Morgan fingerprint density at radius 1 is 1.67 bits per heavy atom. The average Bonchev–Trinajstić information content (AvgIpc) is 1.76. The Morgan fingerprint density at radius 3 is 2.67 bits per heavy atom. The Bertz CT molecular complexity index is 68.5. The van der Waals surface area contributed by atoms with Crippen LogP contribution in [0.2, 0.25) is 0 Å². The summed E-state index contributed by atoms with van der Waals surface area (Å²) in [6.45, 7) is 0. The van der Waals surface area contributed by atoms with E-state index in [9.17, 15) is 0 Å². The molecule has 34 valence electrons. The molecule has 0 radical (unpaired) electrons. The van der Waals surface area contributed by atoms with Crippen molar-refractivity contribution in [3.8, 4) is 0 Å². The second-order valence-electron chi connectivity index (χ2n) is 1.00. The van der Waals surface area contributed by atoms with E-state index >= 15 is 0 Å². The molecule has 0 saturated carbocycles. The van der Waals surface area contributed by atoms with E-state index in [0.29, 0.717) is 0 Å². The van der Waals surface area contributed by atoms with Gasteiger partial charge in [0.2, 0.25) is 0 Å². The molecule has 0 atom stereocenters. The number of hydrogen-bond donors (Lipinski definition) is 0. The molecule has 0 aromatic carbocycles. The van der Waals surface area contributed by atoms with E-state index < -0.39 is 0 Å². The second-order valence-corrected chi connectivity index (χ2v) is 1.00. The molecule has 1 heteroatoms. The number of rotatable bonds is 0. The van der Waals surface area contributed by atoms with Gasteiger partial charge in [-0.15, -0.1) is 6.42 Å². The van der Waals surface area contributed by atoms with Gasteiger partial charge < -0.3 is 2.85 Å². The topological polar surface area (TPSA) is 0 Å². The number of allylic oxidation sites excluding steroid dienone is 4. The van der Waals surface area contributed by atoms with E-state index in [4.69, 9.17) is 0 Å². The van der Waals surface area contributed by atoms with Crippen molar-refractivity contribution in [2.24, 2.45) is 0 Å². The standard InChI is InChI=1S/C5H5.Hf.2H/c1-2-4-5-3-1;;;/h1-3H,4H2;;;/q-1;;2*-1. The predicted octanol–water partition coefficient (Wildman–Crippen LogP) is 1.53. The third kappa shape index (κ3) is 1.71. The van der Waals surface area contributed by atoms with Crippen molar-refractivity contribution in [1.82, 2.24) is 0 Å². The molecule has 0 bridgehead atoms. The first-order valence-corrected chi connectivity index (χ1v) is 1.72. The van der Waals surface area contributed by atoms with E-state index in [1.165, 1.54) is 0 Å². The Labute approximate surface area is 59.7 Å². The second kappa shape index (κ2) is 3.54. The van der Waals surface area contributed by atoms with Crippen molar-refractivity contribution >= 4 is 0 Å². The minimum atomic E-state index is 0. The molecular formula is C5H7Hf-3. The monoisotopic (exact) mass is 247 g/mol. The molecular weight excluding hydrogens is 239 g/mol. The smallest absolute Gasteiger partial charge is 0 e. The van der Waals surface area contributed by atoms with Crippen LogP contribution >= 0.6 is 0 Å². The van der Waals surface area contributed by atoms with Gasteiger partial charge in [0.1, 0.15) is 0 Å². The quantitative estimate of drug-likeness (QED) is 0.449. The molecule has 0 nitrogen and oxygen atoms in total. The SMILES string of the molecule is [C-]1=CC=CC1.[H-].[H-].[Hf]. The summed E-state index contributed by atoms with van der Waals surface area (Å²) in [7, 11) is 0. The normalized spacial score (nSPS) is 14.7. The van der Waals surface area contributed by atoms with Crippen LogP contribution < -0.4 is 0 Å². The van der Waals surface area contributed by atoms with Crippen LogP contribution in [0.1, 0.15) is 9.27 Å². The Balaban J connectivity index is -0.0000000833. The Kier molecular flexibility index (Phi) is 3.74. The van der Waals surface area contributed by atoms with Gasteiger partial charge in [-0.1, -0.05) is 0 Å². The van der Waals surface area contributed by atoms with Crippen LogP contribution in [0.15, 0.2) is 18.2 Å². The van der Waals surface area contributed by atoms with Gasteiger partial charge in [0.15, 0.2) is 0 Å². The van der Waals surface area contributed by atoms with Gasteiger partial charge in [-0.2, -0.15) is 6.08 Å². The summed E-state index contributed by atoms with van der Waals surface area (Å²) in [5.74, 6) is 0. The van der Waals surface area contributed by atoms with Gasteiger partial charge in [-0.25, -0.2) is 12.2 Å². The van der Waals surface area contributed by atoms with Gasteiger partial charge in [-0.3, -0.25) is 6.08 Å². The van der Waals surface area contributed by atoms with Crippen LogP contribution in [0, 0.1) is 6.08 Å². The summed E-state index contributed by atoms with van der Waals surface area (Å²) >= 11 is 0. The minimum absolute atomic E-state index is 0. The molecule has 1 aliphatic rings. The van der Waals surface area contributed by atoms with E-state index in [2.05, 4.69) is 12.2 Å². The van der Waals surface area contributed by atoms with Crippen molar-refractivity contribution in [2.45, 2.75) is 6.42 Å². The summed E-state index contributed by atoms with van der Waals surface area (Å²) in [5.41, 5.74) is 0. The number of hydrogen-bond acceptors (Lipinski definition) is 0. The van der Waals surface area contributed by atoms with Crippen molar-refractivity contribution in [2.75, 3.05) is 0 Å². The fourth-order valence-electron chi connectivity index (χ4n) is 0.340. The zero-order chi connectivity index (χ0) is 3.54. The minimum Gasteiger partial charge on any atom is -1.00 e. The third-order valence-electron chi connectivity index (χ3n) is 0.586. The van der Waals surface area contributed by atoms with Crippen LogP contribution in [0.5, 0.6) is 0 Å². The summed E-state index contributed by atoms with van der Waals surface area (Å²) < 4.78 is 0. The summed E-state index contributed by atoms with van der Waals surface area (Å²) in [5, 5.41) is 0. The van der Waals surface area contributed by atoms with Gasteiger partial charge in [0.25, 0.3) is 0 Å². The predicted molar refractivity (Wildman–Crippen MR) is 23.8 cm³/mol. The first-order chi connectivity index (χ1) is 2.50. The maximum Gasteiger partial charge on any atom is 0 e. The summed E-state index contributed by atoms with van der Waals surface area (Å²) in [6.07, 6.45) is 10.0. The van der Waals surface area contributed by atoms with E-state index in [1.54, 1.807) is 0 Å². The Hall–Kier alpha value is 0.350. The van der Waals surface area contributed by atoms with Crippen LogP contribution in [-0.2, 0) is 25.8 Å². The van der Waals surface area contributed by atoms with Crippen molar-refractivity contribution < 1.29 is 28.7 Å². The molecule has 0 aromatic heterocycles. The third-order valence-corrected chi connectivity index (χ3v) is 0.586. The van der Waals surface area contributed by atoms with E-state index in [-0.39, 0.29) is 28.7 Å². The van der Waals surface area contributed by atoms with Crippen molar-refractivity contribution in [3.05, 3.63) is 24.3 Å². The van der Waals surface area contributed by atoms with Crippen LogP contribution in [-0.4, -0.2) is 0 Å². The van der Waals surface area contributed by atoms with Crippen molar-refractivity contribution in [1.29, 1.82) is 0 Å². The average molecular weight is 246 g/mol. The van der Waals surface area contributed by atoms with Crippen LogP contribution in [0.25, 0.3) is 0 Å². The fourth-order valence-corrected chi connectivity index (χ4v) is 0.340. The van der Waals surface area contributed by atoms with Gasteiger partial charge >= 0.3 is 0 Å². The summed E-state index contributed by atoms with van der Waals surface area (Å²) in [4.78, 5) is 0. The van der Waals surface area contributed by atoms with Crippen LogP contribution in [0.4, 0.5) is 0 Å². The molecule has 6 heavy (non-hydrogen) atoms. The van der Waals surface area contributed by atoms with Crippen molar-refractivity contribution in [3.63, 3.8) is 0 Å². The zero-order valence-corrected chi connectivity index (χ0v) is 7.03. The maximum absolute atomic E-state index is 2.99. The van der Waals surface area contributed by atoms with E-state index in [0.717, 1.165) is 6.42 Å². The fraction of sp³-hybridized carbons (Fsp3) is 0.200. The first kappa shape index (κ1) is 6.35. The van der Waals surface area contributed by atoms with Gasteiger partial charge in [-0.05, 0) is 0 Å². The molecule has 0 spiro atoms. The van der Waals surface area contributed by atoms with E-state index in [1.807, 2.05) is 12.2 Å². The Morgan fingerprint density at radius 2 is 2.50 bits per heavy atom. The molecule has 0 fully saturated rings. The molecule has 0 aliphatic heterocycles. The molecule has 1 rings (SSSR count). The zero-order valence-electron chi connectivity index (χ0n) is 5.44. The maximum atomic E-state index is 2.99. The summed E-state index contributed by atoms with van der Waals surface area (Å²) in [6, 6.07) is 0.